The van der Waals surface area contributed by atoms with Crippen LogP contribution in [0, 0.1) is 11.3 Å². The zero-order valence-electron chi connectivity index (χ0n) is 20.6. The van der Waals surface area contributed by atoms with Crippen LogP contribution in [0.1, 0.15) is 47.2 Å². The third-order valence-corrected chi connectivity index (χ3v) is 6.94. The first kappa shape index (κ1) is 24.3. The molecule has 2 aromatic carbocycles. The number of hydrogen-bond acceptors (Lipinski definition) is 5. The van der Waals surface area contributed by atoms with Crippen molar-refractivity contribution in [3.63, 3.8) is 0 Å². The Balaban J connectivity index is 1.24. The Labute approximate surface area is 216 Å². The Hall–Kier alpha value is -4.35. The van der Waals surface area contributed by atoms with Gasteiger partial charge in [0.15, 0.2) is 0 Å². The highest BCUT2D eigenvalue weighted by Crippen LogP contribution is 2.36. The van der Waals surface area contributed by atoms with Crippen molar-refractivity contribution in [3.8, 4) is 6.07 Å². The van der Waals surface area contributed by atoms with Crippen molar-refractivity contribution in [3.05, 3.63) is 95.8 Å². The third-order valence-electron chi connectivity index (χ3n) is 6.94. The van der Waals surface area contributed by atoms with Crippen molar-refractivity contribution in [2.45, 2.75) is 37.1 Å². The number of carbonyl (C=O) groups excluding carboxylic acids is 1. The zero-order chi connectivity index (χ0) is 25.8. The molecule has 2 heterocycles. The normalized spacial score (nSPS) is 19.1. The molecule has 0 bridgehead atoms. The number of nitrogens with two attached hydrogens (primary N) is 1. The van der Waals surface area contributed by atoms with Crippen molar-refractivity contribution in [1.29, 1.82) is 5.26 Å². The molecule has 4 N–H and O–H groups in total. The fraction of sp³-hybridized carbons (Fsp3) is 0.276. The second kappa shape index (κ2) is 10.3. The Morgan fingerprint density at radius 1 is 1.14 bits per heavy atom. The lowest BCUT2D eigenvalue weighted by Gasteiger charge is -2.31. The van der Waals surface area contributed by atoms with Gasteiger partial charge in [0.2, 0.25) is 5.96 Å². The van der Waals surface area contributed by atoms with Crippen LogP contribution in [0.3, 0.4) is 0 Å². The number of hydrazine groups is 1. The minimum atomic E-state index is -0.494. The Bertz CT molecular complexity index is 1310. The van der Waals surface area contributed by atoms with E-state index in [0.29, 0.717) is 49.0 Å². The Morgan fingerprint density at radius 2 is 1.84 bits per heavy atom. The lowest BCUT2D eigenvalue weighted by Crippen LogP contribution is -2.42. The van der Waals surface area contributed by atoms with E-state index in [1.807, 2.05) is 42.6 Å². The summed E-state index contributed by atoms with van der Waals surface area (Å²) in [5.74, 6) is 0.120. The molecular formula is C29H30N6O2. The molecule has 5 rings (SSSR count). The van der Waals surface area contributed by atoms with Crippen LogP contribution in [0.15, 0.2) is 84.2 Å². The van der Waals surface area contributed by atoms with Crippen LogP contribution in [0.25, 0.3) is 5.57 Å². The number of allylic oxidation sites excluding steroid dienone is 3. The number of amides is 1. The van der Waals surface area contributed by atoms with Gasteiger partial charge in [0.1, 0.15) is 0 Å². The quantitative estimate of drug-likeness (QED) is 0.413. The summed E-state index contributed by atoms with van der Waals surface area (Å²) < 4.78 is 5.46. The van der Waals surface area contributed by atoms with E-state index in [9.17, 15) is 10.1 Å². The molecule has 0 spiro atoms. The molecule has 0 aromatic heterocycles. The second-order valence-corrected chi connectivity index (χ2v) is 9.53. The Kier molecular flexibility index (Phi) is 6.80. The SMILES string of the molecule is C=C1C(c2ccc(C3(C#N)CCOCC3)cc2)=CC=CN1NC(N)=Nc1ccc(C(=O)NC2CC2)cc1. The van der Waals surface area contributed by atoms with E-state index in [0.717, 1.165) is 29.5 Å². The van der Waals surface area contributed by atoms with Crippen molar-refractivity contribution in [2.24, 2.45) is 10.7 Å². The van der Waals surface area contributed by atoms with Gasteiger partial charge in [-0.1, -0.05) is 36.9 Å². The molecule has 0 unspecified atom stereocenters. The Morgan fingerprint density at radius 3 is 2.49 bits per heavy atom. The number of hydrogen-bond donors (Lipinski definition) is 3. The van der Waals surface area contributed by atoms with E-state index in [2.05, 4.69) is 28.4 Å². The van der Waals surface area contributed by atoms with Crippen molar-refractivity contribution < 1.29 is 9.53 Å². The number of nitrogens with one attached hydrogen (secondary N) is 2. The summed E-state index contributed by atoms with van der Waals surface area (Å²) in [6, 6.07) is 17.9. The van der Waals surface area contributed by atoms with Gasteiger partial charge in [0.05, 0.1) is 22.9 Å². The average molecular weight is 495 g/mol. The summed E-state index contributed by atoms with van der Waals surface area (Å²) in [6.07, 6.45) is 9.21. The van der Waals surface area contributed by atoms with E-state index in [4.69, 9.17) is 10.5 Å². The van der Waals surface area contributed by atoms with E-state index in [1.54, 1.807) is 29.3 Å². The third kappa shape index (κ3) is 5.42. The first-order valence-corrected chi connectivity index (χ1v) is 12.5. The predicted molar refractivity (Wildman–Crippen MR) is 143 cm³/mol. The number of aliphatic imine (C=N–C) groups is 1. The number of ether oxygens (including phenoxy) is 1. The molecule has 2 fully saturated rings. The maximum atomic E-state index is 12.2. The zero-order valence-corrected chi connectivity index (χ0v) is 20.6. The monoisotopic (exact) mass is 494 g/mol. The number of benzene rings is 2. The fourth-order valence-electron chi connectivity index (χ4n) is 4.53. The largest absolute Gasteiger partial charge is 0.381 e. The smallest absolute Gasteiger partial charge is 0.251 e. The maximum absolute atomic E-state index is 12.2. The number of guanidine groups is 1. The van der Waals surface area contributed by atoms with E-state index < -0.39 is 5.41 Å². The van der Waals surface area contributed by atoms with Crippen LogP contribution < -0.4 is 16.5 Å². The molecule has 2 aliphatic heterocycles. The van der Waals surface area contributed by atoms with Crippen LogP contribution in [0.5, 0.6) is 0 Å². The summed E-state index contributed by atoms with van der Waals surface area (Å²) in [7, 11) is 0. The standard InChI is InChI=1S/C29H30N6O2/c1-20-26(21-4-8-23(9-5-21)29(19-30)14-17-37-18-15-29)3-2-16-35(20)34-28(31)33-25-10-6-22(7-11-25)27(36)32-24-12-13-24/h2-11,16,24H,1,12-15,17-18H2,(H,32,36)(H3,31,33,34). The van der Waals surface area contributed by atoms with Gasteiger partial charge < -0.3 is 15.8 Å². The van der Waals surface area contributed by atoms with Gasteiger partial charge >= 0.3 is 0 Å². The predicted octanol–water partition coefficient (Wildman–Crippen LogP) is 4.03. The van der Waals surface area contributed by atoms with Gasteiger partial charge in [-0.2, -0.15) is 5.26 Å². The summed E-state index contributed by atoms with van der Waals surface area (Å²) >= 11 is 0. The highest BCUT2D eigenvalue weighted by atomic mass is 16.5. The van der Waals surface area contributed by atoms with Gasteiger partial charge in [0.25, 0.3) is 5.91 Å². The molecule has 1 amide bonds. The fourth-order valence-corrected chi connectivity index (χ4v) is 4.53. The van der Waals surface area contributed by atoms with Gasteiger partial charge in [-0.05, 0) is 67.2 Å². The van der Waals surface area contributed by atoms with Crippen LogP contribution >= 0.6 is 0 Å². The maximum Gasteiger partial charge on any atom is 0.251 e. The van der Waals surface area contributed by atoms with Gasteiger partial charge in [0, 0.05) is 36.6 Å². The van der Waals surface area contributed by atoms with E-state index in [-0.39, 0.29) is 11.9 Å². The van der Waals surface area contributed by atoms with Gasteiger partial charge in [-0.25, -0.2) is 4.99 Å². The summed E-state index contributed by atoms with van der Waals surface area (Å²) in [5, 5.41) is 14.5. The van der Waals surface area contributed by atoms with Crippen LogP contribution in [0.2, 0.25) is 0 Å². The molecule has 0 radical (unpaired) electrons. The minimum absolute atomic E-state index is 0.0678. The molecule has 1 saturated heterocycles. The highest BCUT2D eigenvalue weighted by Gasteiger charge is 2.34. The number of carbonyl (C=O) groups is 1. The average Bonchev–Trinajstić information content (AvgIpc) is 3.75. The first-order chi connectivity index (χ1) is 18.0. The number of rotatable bonds is 6. The summed E-state index contributed by atoms with van der Waals surface area (Å²) in [4.78, 5) is 16.6. The summed E-state index contributed by atoms with van der Waals surface area (Å²) in [6.45, 7) is 5.44. The molecule has 0 atom stereocenters. The van der Waals surface area contributed by atoms with Crippen molar-refractivity contribution >= 4 is 23.1 Å². The lowest BCUT2D eigenvalue weighted by molar-refractivity contribution is 0.0675. The molecule has 1 saturated carbocycles. The minimum Gasteiger partial charge on any atom is -0.381 e. The lowest BCUT2D eigenvalue weighted by atomic mass is 9.75. The molecule has 8 nitrogen and oxygen atoms in total. The topological polar surface area (TPSA) is 116 Å². The van der Waals surface area contributed by atoms with Crippen molar-refractivity contribution in [1.82, 2.24) is 15.8 Å². The molecule has 8 heteroatoms. The molecule has 37 heavy (non-hydrogen) atoms. The van der Waals surface area contributed by atoms with Gasteiger partial charge in [-0.3, -0.25) is 15.2 Å². The molecule has 3 aliphatic rings. The van der Waals surface area contributed by atoms with Crippen LogP contribution in [-0.2, 0) is 10.2 Å². The number of nitrogens with zero attached hydrogens (tertiary/aromatic N) is 3. The van der Waals surface area contributed by atoms with E-state index >= 15 is 0 Å². The summed E-state index contributed by atoms with van der Waals surface area (Å²) in [5.41, 5.74) is 13.6. The van der Waals surface area contributed by atoms with Crippen molar-refractivity contribution in [2.75, 3.05) is 13.2 Å². The van der Waals surface area contributed by atoms with Gasteiger partial charge in [-0.15, -0.1) is 0 Å². The van der Waals surface area contributed by atoms with E-state index in [1.165, 1.54) is 0 Å². The number of nitriles is 1. The first-order valence-electron chi connectivity index (χ1n) is 12.5. The molecule has 1 aliphatic carbocycles. The second-order valence-electron chi connectivity index (χ2n) is 9.53. The molecule has 188 valence electrons. The van der Waals surface area contributed by atoms with Crippen LogP contribution in [0.4, 0.5) is 5.69 Å². The van der Waals surface area contributed by atoms with Crippen LogP contribution in [-0.4, -0.2) is 36.1 Å². The highest BCUT2D eigenvalue weighted by molar-refractivity contribution is 5.95. The molecule has 2 aromatic rings. The molecular weight excluding hydrogens is 464 g/mol.